The van der Waals surface area contributed by atoms with Gasteiger partial charge in [0.15, 0.2) is 11.4 Å². The smallest absolute Gasteiger partial charge is 0.416 e. The van der Waals surface area contributed by atoms with Gasteiger partial charge in [-0.15, -0.1) is 0 Å². The number of likely N-dealkylation sites (tertiary alicyclic amines) is 1. The fourth-order valence-electron chi connectivity index (χ4n) is 4.09. The molecular formula is C25H23ClF3N7O3. The van der Waals surface area contributed by atoms with E-state index in [0.29, 0.717) is 30.2 Å². The number of carbonyl (C=O) groups is 1. The molecule has 2 N–H and O–H groups in total. The minimum atomic E-state index is -4.57. The summed E-state index contributed by atoms with van der Waals surface area (Å²) in [4.78, 5) is 26.0. The van der Waals surface area contributed by atoms with E-state index in [1.54, 1.807) is 17.7 Å². The molecule has 0 saturated carbocycles. The van der Waals surface area contributed by atoms with Crippen molar-refractivity contribution >= 4 is 46.1 Å². The van der Waals surface area contributed by atoms with Gasteiger partial charge in [0.1, 0.15) is 34.0 Å². The number of benzene rings is 1. The number of halogens is 4. The van der Waals surface area contributed by atoms with E-state index in [2.05, 4.69) is 25.6 Å². The van der Waals surface area contributed by atoms with E-state index in [9.17, 15) is 18.0 Å². The molecule has 0 aliphatic carbocycles. The van der Waals surface area contributed by atoms with E-state index in [1.807, 2.05) is 11.9 Å². The van der Waals surface area contributed by atoms with Crippen molar-refractivity contribution in [2.75, 3.05) is 30.8 Å². The van der Waals surface area contributed by atoms with E-state index < -0.39 is 11.7 Å². The number of hydrogen-bond acceptors (Lipinski definition) is 8. The van der Waals surface area contributed by atoms with Crippen LogP contribution >= 0.6 is 11.6 Å². The number of ether oxygens (including phenoxy) is 2. The van der Waals surface area contributed by atoms with E-state index in [0.717, 1.165) is 12.1 Å². The molecule has 0 atom stereocenters. The van der Waals surface area contributed by atoms with Crippen molar-refractivity contribution < 1.29 is 27.4 Å². The van der Waals surface area contributed by atoms with Crippen molar-refractivity contribution in [3.63, 3.8) is 0 Å². The van der Waals surface area contributed by atoms with Gasteiger partial charge >= 0.3 is 6.18 Å². The molecule has 4 heterocycles. The number of aromatic nitrogens is 4. The summed E-state index contributed by atoms with van der Waals surface area (Å²) in [6.07, 6.45) is -1.91. The Kier molecular flexibility index (Phi) is 6.95. The third-order valence-electron chi connectivity index (χ3n) is 5.89. The second kappa shape index (κ2) is 10.2. The molecule has 1 aliphatic rings. The first-order valence-corrected chi connectivity index (χ1v) is 12.1. The Morgan fingerprint density at radius 3 is 2.59 bits per heavy atom. The molecule has 204 valence electrons. The Bertz CT molecular complexity index is 1550. The van der Waals surface area contributed by atoms with Gasteiger partial charge in [-0.2, -0.15) is 18.2 Å². The Morgan fingerprint density at radius 2 is 1.90 bits per heavy atom. The Morgan fingerprint density at radius 1 is 1.13 bits per heavy atom. The molecule has 14 heteroatoms. The number of fused-ring (bicyclic) bond motifs is 1. The van der Waals surface area contributed by atoms with Crippen LogP contribution in [0.4, 0.5) is 30.6 Å². The minimum Gasteiger partial charge on any atom is -0.488 e. The van der Waals surface area contributed by atoms with Crippen LogP contribution in [-0.4, -0.2) is 56.6 Å². The average Bonchev–Trinajstić information content (AvgIpc) is 3.14. The molecule has 0 spiro atoms. The molecule has 10 nitrogen and oxygen atoms in total. The summed E-state index contributed by atoms with van der Waals surface area (Å²) < 4.78 is 54.0. The van der Waals surface area contributed by atoms with E-state index in [1.165, 1.54) is 31.5 Å². The van der Waals surface area contributed by atoms with Crippen LogP contribution < -0.4 is 20.1 Å². The fraction of sp³-hybridized carbons (Fsp3) is 0.280. The molecule has 0 unspecified atom stereocenters. The zero-order chi connectivity index (χ0) is 27.9. The van der Waals surface area contributed by atoms with E-state index in [4.69, 9.17) is 21.1 Å². The lowest BCUT2D eigenvalue weighted by atomic mass is 10.1. The van der Waals surface area contributed by atoms with Gasteiger partial charge < -0.3 is 24.7 Å². The molecule has 5 rings (SSSR count). The number of carbonyl (C=O) groups excluding carboxylic acids is 1. The number of alkyl halides is 3. The first-order chi connectivity index (χ1) is 18.5. The second-order valence-electron chi connectivity index (χ2n) is 9.09. The number of anilines is 3. The Labute approximate surface area is 225 Å². The first kappa shape index (κ1) is 26.5. The number of aryl methyl sites for hydroxylation is 1. The average molecular weight is 562 g/mol. The van der Waals surface area contributed by atoms with E-state index in [-0.39, 0.29) is 45.8 Å². The number of amides is 1. The monoisotopic (exact) mass is 561 g/mol. The third-order valence-corrected chi connectivity index (χ3v) is 6.26. The molecule has 4 aromatic rings. The SMILES string of the molecule is CC(=O)Nc1cc(Oc2cnc3nc(Nc4cc(OC5CN(C)C5)cc(C(F)(F)F)c4)n(C)c3c2Cl)ccn1. The number of nitrogens with zero attached hydrogens (tertiary/aromatic N) is 5. The lowest BCUT2D eigenvalue weighted by Crippen LogP contribution is -2.51. The largest absolute Gasteiger partial charge is 0.488 e. The summed E-state index contributed by atoms with van der Waals surface area (Å²) in [6.45, 7) is 2.62. The number of nitrogens with one attached hydrogen (secondary N) is 2. The highest BCUT2D eigenvalue weighted by atomic mass is 35.5. The summed E-state index contributed by atoms with van der Waals surface area (Å²) >= 11 is 6.63. The molecule has 1 aliphatic heterocycles. The van der Waals surface area contributed by atoms with Crippen molar-refractivity contribution in [3.8, 4) is 17.2 Å². The minimum absolute atomic E-state index is 0.104. The Balaban J connectivity index is 1.43. The van der Waals surface area contributed by atoms with Crippen molar-refractivity contribution in [1.29, 1.82) is 0 Å². The Hall–Kier alpha value is -4.10. The molecule has 1 amide bonds. The van der Waals surface area contributed by atoms with Crippen LogP contribution in [0.15, 0.2) is 42.7 Å². The second-order valence-corrected chi connectivity index (χ2v) is 9.47. The lowest BCUT2D eigenvalue weighted by Gasteiger charge is -2.36. The van der Waals surface area contributed by atoms with E-state index >= 15 is 0 Å². The molecule has 0 radical (unpaired) electrons. The van der Waals surface area contributed by atoms with Crippen molar-refractivity contribution in [2.45, 2.75) is 19.2 Å². The maximum Gasteiger partial charge on any atom is 0.416 e. The van der Waals surface area contributed by atoms with Crippen molar-refractivity contribution in [2.24, 2.45) is 7.05 Å². The molecule has 0 bridgehead atoms. The topological polar surface area (TPSA) is 106 Å². The molecule has 1 aromatic carbocycles. The van der Waals surface area contributed by atoms with Crippen molar-refractivity contribution in [3.05, 3.63) is 53.3 Å². The summed E-state index contributed by atoms with van der Waals surface area (Å²) in [7, 11) is 3.55. The molecule has 1 saturated heterocycles. The predicted molar refractivity (Wildman–Crippen MR) is 139 cm³/mol. The normalized spacial score (nSPS) is 14.2. The fourth-order valence-corrected chi connectivity index (χ4v) is 4.39. The van der Waals surface area contributed by atoms with Crippen LogP contribution in [0.2, 0.25) is 5.02 Å². The van der Waals surface area contributed by atoms with Gasteiger partial charge in [-0.1, -0.05) is 11.6 Å². The standard InChI is InChI=1S/C25H23ClF3N7O3/c1-13(37)32-20-9-16(4-5-30-20)39-19-10-31-23-22(21(19)26)36(3)24(34-23)33-15-6-14(25(27,28)29)7-17(8-15)38-18-11-35(2)12-18/h4-10,18H,11-12H2,1-3H3,(H,30,32,37)(H,31,33,34). The van der Waals surface area contributed by atoms with Crippen molar-refractivity contribution in [1.82, 2.24) is 24.4 Å². The van der Waals surface area contributed by atoms with Crippen LogP contribution in [0.3, 0.4) is 0 Å². The van der Waals surface area contributed by atoms with Crippen LogP contribution in [0.1, 0.15) is 12.5 Å². The lowest BCUT2D eigenvalue weighted by molar-refractivity contribution is -0.137. The van der Waals surface area contributed by atoms with Gasteiger partial charge in [-0.05, 0) is 25.2 Å². The van der Waals surface area contributed by atoms with Gasteiger partial charge in [0.25, 0.3) is 0 Å². The van der Waals surface area contributed by atoms with Crippen LogP contribution in [0.25, 0.3) is 11.2 Å². The number of rotatable bonds is 7. The predicted octanol–water partition coefficient (Wildman–Crippen LogP) is 5.22. The maximum atomic E-state index is 13.6. The highest BCUT2D eigenvalue weighted by Gasteiger charge is 2.33. The third kappa shape index (κ3) is 5.83. The number of hydrogen-bond donors (Lipinski definition) is 2. The zero-order valence-corrected chi connectivity index (χ0v) is 21.8. The quantitative estimate of drug-likeness (QED) is 0.316. The van der Waals surface area contributed by atoms with Gasteiger partial charge in [0, 0.05) is 51.1 Å². The summed E-state index contributed by atoms with van der Waals surface area (Å²) in [5.74, 6) is 0.885. The highest BCUT2D eigenvalue weighted by Crippen LogP contribution is 2.38. The molecular weight excluding hydrogens is 539 g/mol. The number of pyridine rings is 2. The summed E-state index contributed by atoms with van der Waals surface area (Å²) in [5, 5.41) is 5.68. The zero-order valence-electron chi connectivity index (χ0n) is 21.0. The van der Waals surface area contributed by atoms with Crippen LogP contribution in [0.5, 0.6) is 17.2 Å². The van der Waals surface area contributed by atoms with Gasteiger partial charge in [-0.3, -0.25) is 9.69 Å². The van der Waals surface area contributed by atoms with Crippen LogP contribution in [-0.2, 0) is 18.0 Å². The first-order valence-electron chi connectivity index (χ1n) is 11.7. The molecule has 1 fully saturated rings. The summed E-state index contributed by atoms with van der Waals surface area (Å²) in [5.41, 5.74) is -0.0571. The van der Waals surface area contributed by atoms with Gasteiger partial charge in [-0.25, -0.2) is 9.97 Å². The number of likely N-dealkylation sites (N-methyl/N-ethyl adjacent to an activating group) is 1. The molecule has 39 heavy (non-hydrogen) atoms. The van der Waals surface area contributed by atoms with Gasteiger partial charge in [0.2, 0.25) is 11.9 Å². The summed E-state index contributed by atoms with van der Waals surface area (Å²) in [6, 6.07) is 6.56. The van der Waals surface area contributed by atoms with Gasteiger partial charge in [0.05, 0.1) is 11.8 Å². The van der Waals surface area contributed by atoms with Crippen LogP contribution in [0, 0.1) is 0 Å². The maximum absolute atomic E-state index is 13.6. The number of imidazole rings is 1. The highest BCUT2D eigenvalue weighted by molar-refractivity contribution is 6.36. The molecule has 3 aromatic heterocycles.